The molecule has 116 valence electrons. The molecule has 20 heavy (non-hydrogen) atoms. The van der Waals surface area contributed by atoms with Crippen molar-refractivity contribution in [1.82, 2.24) is 10.6 Å². The highest BCUT2D eigenvalue weighted by Crippen LogP contribution is 2.42. The molecule has 0 radical (unpaired) electrons. The van der Waals surface area contributed by atoms with Crippen molar-refractivity contribution in [2.45, 2.75) is 45.8 Å². The van der Waals surface area contributed by atoms with Gasteiger partial charge >= 0.3 is 0 Å². The predicted octanol–water partition coefficient (Wildman–Crippen LogP) is 1.39. The zero-order valence-corrected chi connectivity index (χ0v) is 13.2. The van der Waals surface area contributed by atoms with Crippen LogP contribution in [-0.2, 0) is 9.47 Å². The summed E-state index contributed by atoms with van der Waals surface area (Å²) in [6.07, 6.45) is 2.51. The summed E-state index contributed by atoms with van der Waals surface area (Å²) in [4.78, 5) is 4.71. The number of hydrogen-bond acceptors (Lipinski definition) is 3. The molecule has 2 fully saturated rings. The maximum atomic E-state index is 5.50. The standard InChI is InChI=1S/C15H29N3O2/c1-5-16-14(17-9-11-6-7-20-10-11)18-12-8-13(19-4)15(12,2)3/h11-13H,5-10H2,1-4H3,(H2,16,17,18). The van der Waals surface area contributed by atoms with E-state index in [1.165, 1.54) is 0 Å². The first-order valence-corrected chi connectivity index (χ1v) is 7.73. The SMILES string of the molecule is CCNC(=NCC1CCOC1)NC1CC(OC)C1(C)C. The molecule has 1 saturated carbocycles. The summed E-state index contributed by atoms with van der Waals surface area (Å²) in [6, 6.07) is 0.421. The topological polar surface area (TPSA) is 54.9 Å². The number of aliphatic imine (C=N–C) groups is 1. The zero-order chi connectivity index (χ0) is 14.6. The third-order valence-electron chi connectivity index (χ3n) is 4.65. The Kier molecular flexibility index (Phi) is 5.27. The number of nitrogens with zero attached hydrogens (tertiary/aromatic N) is 1. The van der Waals surface area contributed by atoms with E-state index >= 15 is 0 Å². The first-order chi connectivity index (χ1) is 9.57. The van der Waals surface area contributed by atoms with E-state index in [1.807, 2.05) is 0 Å². The molecule has 3 atom stereocenters. The van der Waals surface area contributed by atoms with E-state index in [9.17, 15) is 0 Å². The number of nitrogens with one attached hydrogen (secondary N) is 2. The fourth-order valence-corrected chi connectivity index (χ4v) is 2.96. The molecule has 5 nitrogen and oxygen atoms in total. The quantitative estimate of drug-likeness (QED) is 0.591. The van der Waals surface area contributed by atoms with Crippen LogP contribution < -0.4 is 10.6 Å². The van der Waals surface area contributed by atoms with Crippen molar-refractivity contribution in [3.05, 3.63) is 0 Å². The molecule has 1 aliphatic carbocycles. The average molecular weight is 283 g/mol. The molecule has 1 saturated heterocycles. The number of ether oxygens (including phenoxy) is 2. The van der Waals surface area contributed by atoms with Gasteiger partial charge in [-0.05, 0) is 19.8 Å². The van der Waals surface area contributed by atoms with Gasteiger partial charge in [0.2, 0.25) is 0 Å². The van der Waals surface area contributed by atoms with Crippen LogP contribution in [0, 0.1) is 11.3 Å². The van der Waals surface area contributed by atoms with Crippen molar-refractivity contribution in [1.29, 1.82) is 0 Å². The van der Waals surface area contributed by atoms with Gasteiger partial charge in [0, 0.05) is 44.2 Å². The van der Waals surface area contributed by atoms with Gasteiger partial charge in [0.1, 0.15) is 0 Å². The number of guanidine groups is 1. The third kappa shape index (κ3) is 3.44. The average Bonchev–Trinajstić information content (AvgIpc) is 2.93. The van der Waals surface area contributed by atoms with E-state index in [-0.39, 0.29) is 5.41 Å². The molecule has 2 rings (SSSR count). The Morgan fingerprint density at radius 1 is 1.45 bits per heavy atom. The Labute approximate surface area is 122 Å². The van der Waals surface area contributed by atoms with E-state index in [0.29, 0.717) is 18.1 Å². The molecule has 5 heteroatoms. The van der Waals surface area contributed by atoms with Crippen LogP contribution in [-0.4, -0.2) is 51.5 Å². The molecular formula is C15H29N3O2. The van der Waals surface area contributed by atoms with Crippen molar-refractivity contribution in [3.8, 4) is 0 Å². The van der Waals surface area contributed by atoms with Crippen LogP contribution in [0.5, 0.6) is 0 Å². The monoisotopic (exact) mass is 283 g/mol. The van der Waals surface area contributed by atoms with Crippen LogP contribution in [0.4, 0.5) is 0 Å². The minimum Gasteiger partial charge on any atom is -0.381 e. The molecule has 0 aromatic carbocycles. The number of methoxy groups -OCH3 is 1. The van der Waals surface area contributed by atoms with Crippen LogP contribution in [0.15, 0.2) is 4.99 Å². The van der Waals surface area contributed by atoms with Gasteiger partial charge < -0.3 is 20.1 Å². The molecule has 1 aliphatic heterocycles. The maximum Gasteiger partial charge on any atom is 0.191 e. The molecular weight excluding hydrogens is 254 g/mol. The van der Waals surface area contributed by atoms with Crippen LogP contribution >= 0.6 is 0 Å². The van der Waals surface area contributed by atoms with Crippen molar-refractivity contribution >= 4 is 5.96 Å². The van der Waals surface area contributed by atoms with E-state index in [1.54, 1.807) is 7.11 Å². The van der Waals surface area contributed by atoms with Crippen molar-refractivity contribution in [2.24, 2.45) is 16.3 Å². The molecule has 0 amide bonds. The number of rotatable bonds is 5. The Balaban J connectivity index is 1.87. The summed E-state index contributed by atoms with van der Waals surface area (Å²) in [5, 5.41) is 6.88. The van der Waals surface area contributed by atoms with Crippen molar-refractivity contribution in [3.63, 3.8) is 0 Å². The second kappa shape index (κ2) is 6.76. The van der Waals surface area contributed by atoms with Crippen molar-refractivity contribution in [2.75, 3.05) is 33.4 Å². The van der Waals surface area contributed by atoms with E-state index in [2.05, 4.69) is 31.4 Å². The highest BCUT2D eigenvalue weighted by atomic mass is 16.5. The summed E-state index contributed by atoms with van der Waals surface area (Å²) < 4.78 is 10.9. The van der Waals surface area contributed by atoms with Gasteiger partial charge in [0.15, 0.2) is 5.96 Å². The third-order valence-corrected chi connectivity index (χ3v) is 4.65. The summed E-state index contributed by atoms with van der Waals surface area (Å²) in [5.41, 5.74) is 0.154. The van der Waals surface area contributed by atoms with Gasteiger partial charge in [0.25, 0.3) is 0 Å². The van der Waals surface area contributed by atoms with Crippen LogP contribution in [0.2, 0.25) is 0 Å². The molecule has 0 spiro atoms. The summed E-state index contributed by atoms with van der Waals surface area (Å²) >= 11 is 0. The lowest BCUT2D eigenvalue weighted by atomic mass is 9.64. The van der Waals surface area contributed by atoms with Gasteiger partial charge in [0.05, 0.1) is 12.7 Å². The summed E-state index contributed by atoms with van der Waals surface area (Å²) in [7, 11) is 1.79. The fraction of sp³-hybridized carbons (Fsp3) is 0.933. The lowest BCUT2D eigenvalue weighted by Gasteiger charge is -2.51. The molecule has 2 N–H and O–H groups in total. The van der Waals surface area contributed by atoms with Gasteiger partial charge in [-0.25, -0.2) is 0 Å². The van der Waals surface area contributed by atoms with E-state index in [4.69, 9.17) is 14.5 Å². The lowest BCUT2D eigenvalue weighted by molar-refractivity contribution is -0.0922. The molecule has 0 aromatic rings. The van der Waals surface area contributed by atoms with Crippen LogP contribution in [0.1, 0.15) is 33.6 Å². The van der Waals surface area contributed by atoms with Gasteiger partial charge in [-0.1, -0.05) is 13.8 Å². The Bertz CT molecular complexity index is 338. The maximum absolute atomic E-state index is 5.50. The highest BCUT2D eigenvalue weighted by molar-refractivity contribution is 5.80. The molecule has 3 unspecified atom stereocenters. The number of hydrogen-bond donors (Lipinski definition) is 2. The fourth-order valence-electron chi connectivity index (χ4n) is 2.96. The second-order valence-corrected chi connectivity index (χ2v) is 6.43. The van der Waals surface area contributed by atoms with Gasteiger partial charge in [-0.15, -0.1) is 0 Å². The van der Waals surface area contributed by atoms with Crippen LogP contribution in [0.25, 0.3) is 0 Å². The summed E-state index contributed by atoms with van der Waals surface area (Å²) in [5.74, 6) is 1.50. The van der Waals surface area contributed by atoms with Gasteiger partial charge in [-0.3, -0.25) is 4.99 Å². The first-order valence-electron chi connectivity index (χ1n) is 7.73. The smallest absolute Gasteiger partial charge is 0.191 e. The lowest BCUT2D eigenvalue weighted by Crippen LogP contribution is -2.63. The Morgan fingerprint density at radius 2 is 2.25 bits per heavy atom. The Morgan fingerprint density at radius 3 is 2.80 bits per heavy atom. The molecule has 1 heterocycles. The predicted molar refractivity (Wildman–Crippen MR) is 81.0 cm³/mol. The second-order valence-electron chi connectivity index (χ2n) is 6.43. The minimum atomic E-state index is 0.154. The van der Waals surface area contributed by atoms with Gasteiger partial charge in [-0.2, -0.15) is 0 Å². The van der Waals surface area contributed by atoms with Crippen LogP contribution in [0.3, 0.4) is 0 Å². The Hall–Kier alpha value is -0.810. The molecule has 0 aromatic heterocycles. The first kappa shape index (κ1) is 15.6. The molecule has 2 aliphatic rings. The minimum absolute atomic E-state index is 0.154. The van der Waals surface area contributed by atoms with E-state index < -0.39 is 0 Å². The van der Waals surface area contributed by atoms with Crippen molar-refractivity contribution < 1.29 is 9.47 Å². The largest absolute Gasteiger partial charge is 0.381 e. The normalized spacial score (nSPS) is 32.8. The zero-order valence-electron chi connectivity index (χ0n) is 13.2. The highest BCUT2D eigenvalue weighted by Gasteiger charge is 2.48. The molecule has 0 bridgehead atoms. The summed E-state index contributed by atoms with van der Waals surface area (Å²) in [6.45, 7) is 10.1. The van der Waals surface area contributed by atoms with E-state index in [0.717, 1.165) is 45.1 Å².